The molecule has 16 heavy (non-hydrogen) atoms. The van der Waals surface area contributed by atoms with Crippen LogP contribution in [0.25, 0.3) is 0 Å². The van der Waals surface area contributed by atoms with Crippen molar-refractivity contribution >= 4 is 27.4 Å². The van der Waals surface area contributed by atoms with Gasteiger partial charge in [0.1, 0.15) is 0 Å². The second-order valence-corrected chi connectivity index (χ2v) is 6.12. The number of thiocarbonyl (C=S) groups is 1. The fraction of sp³-hybridized carbons (Fsp3) is 0.875. The summed E-state index contributed by atoms with van der Waals surface area (Å²) >= 11 is 4.72. The summed E-state index contributed by atoms with van der Waals surface area (Å²) in [6.07, 6.45) is 0.398. The van der Waals surface area contributed by atoms with Gasteiger partial charge in [0, 0.05) is 33.1 Å². The van der Waals surface area contributed by atoms with E-state index in [0.717, 1.165) is 0 Å². The summed E-state index contributed by atoms with van der Waals surface area (Å²) < 4.78 is 31.8. The molecule has 0 saturated carbocycles. The molecule has 0 aromatic rings. The van der Waals surface area contributed by atoms with Crippen molar-refractivity contribution in [1.29, 1.82) is 0 Å². The van der Waals surface area contributed by atoms with Crippen LogP contribution in [0.3, 0.4) is 0 Å². The number of morpholine rings is 1. The zero-order chi connectivity index (χ0) is 12.2. The average Bonchev–Trinajstić information content (AvgIpc) is 2.27. The van der Waals surface area contributed by atoms with Crippen molar-refractivity contribution in [3.05, 3.63) is 0 Å². The van der Waals surface area contributed by atoms with Crippen LogP contribution in [0.1, 0.15) is 6.42 Å². The summed E-state index contributed by atoms with van der Waals surface area (Å²) in [5.41, 5.74) is 5.34. The number of hydrogen-bond donors (Lipinski definition) is 1. The summed E-state index contributed by atoms with van der Waals surface area (Å²) in [5.74, 6) is 0. The fourth-order valence-electron chi connectivity index (χ4n) is 1.36. The Morgan fingerprint density at radius 1 is 1.50 bits per heavy atom. The molecule has 94 valence electrons. The topological polar surface area (TPSA) is 75.9 Å². The van der Waals surface area contributed by atoms with Gasteiger partial charge in [0.15, 0.2) is 0 Å². The lowest BCUT2D eigenvalue weighted by Gasteiger charge is -2.30. The zero-order valence-electron chi connectivity index (χ0n) is 9.26. The van der Waals surface area contributed by atoms with Gasteiger partial charge in [-0.1, -0.05) is 12.2 Å². The molecule has 0 unspecified atom stereocenters. The molecule has 0 aromatic carbocycles. The van der Waals surface area contributed by atoms with Gasteiger partial charge in [-0.2, -0.15) is 17.0 Å². The van der Waals surface area contributed by atoms with Gasteiger partial charge in [-0.25, -0.2) is 0 Å². The summed E-state index contributed by atoms with van der Waals surface area (Å²) in [6.45, 7) is 2.01. The summed E-state index contributed by atoms with van der Waals surface area (Å²) in [4.78, 5) is 0.323. The Balaban J connectivity index is 2.57. The minimum atomic E-state index is -3.39. The largest absolute Gasteiger partial charge is 0.393 e. The van der Waals surface area contributed by atoms with E-state index in [1.807, 2.05) is 0 Å². The average molecular weight is 267 g/mol. The van der Waals surface area contributed by atoms with Gasteiger partial charge in [-0.3, -0.25) is 0 Å². The van der Waals surface area contributed by atoms with E-state index in [0.29, 0.717) is 44.3 Å². The highest BCUT2D eigenvalue weighted by Gasteiger charge is 2.28. The van der Waals surface area contributed by atoms with Gasteiger partial charge in [-0.15, -0.1) is 0 Å². The molecule has 1 aliphatic rings. The van der Waals surface area contributed by atoms with E-state index in [4.69, 9.17) is 22.7 Å². The lowest BCUT2D eigenvalue weighted by atomic mass is 10.4. The van der Waals surface area contributed by atoms with Crippen molar-refractivity contribution in [2.45, 2.75) is 6.42 Å². The molecule has 2 N–H and O–H groups in total. The van der Waals surface area contributed by atoms with Gasteiger partial charge in [0.25, 0.3) is 10.2 Å². The van der Waals surface area contributed by atoms with Crippen LogP contribution in [0, 0.1) is 0 Å². The van der Waals surface area contributed by atoms with Crippen LogP contribution < -0.4 is 5.73 Å². The zero-order valence-corrected chi connectivity index (χ0v) is 10.9. The minimum absolute atomic E-state index is 0.315. The molecule has 0 bridgehead atoms. The maximum Gasteiger partial charge on any atom is 0.281 e. The molecular formula is C8H17N3O3S2. The lowest BCUT2D eigenvalue weighted by molar-refractivity contribution is 0.0707. The molecule has 0 aromatic heterocycles. The summed E-state index contributed by atoms with van der Waals surface area (Å²) in [7, 11) is -1.86. The smallest absolute Gasteiger partial charge is 0.281 e. The van der Waals surface area contributed by atoms with Crippen LogP contribution >= 0.6 is 12.2 Å². The van der Waals surface area contributed by atoms with Gasteiger partial charge < -0.3 is 10.5 Å². The summed E-state index contributed by atoms with van der Waals surface area (Å²) in [6, 6.07) is 0. The molecule has 1 heterocycles. The molecular weight excluding hydrogens is 250 g/mol. The van der Waals surface area contributed by atoms with Crippen molar-refractivity contribution in [3.63, 3.8) is 0 Å². The van der Waals surface area contributed by atoms with Gasteiger partial charge >= 0.3 is 0 Å². The van der Waals surface area contributed by atoms with E-state index in [2.05, 4.69) is 0 Å². The standard InChI is InChI=1S/C8H17N3O3S2/c1-10(3-2-8(9)15)16(12,13)11-4-6-14-7-5-11/h2-7H2,1H3,(H2,9,15). The Morgan fingerprint density at radius 3 is 2.56 bits per heavy atom. The molecule has 8 heteroatoms. The maximum absolute atomic E-state index is 12.0. The van der Waals surface area contributed by atoms with Crippen molar-refractivity contribution in [3.8, 4) is 0 Å². The van der Waals surface area contributed by atoms with Gasteiger partial charge in [-0.05, 0) is 0 Å². The highest BCUT2D eigenvalue weighted by molar-refractivity contribution is 7.86. The first kappa shape index (κ1) is 13.8. The van der Waals surface area contributed by atoms with Crippen LogP contribution in [0.5, 0.6) is 0 Å². The molecule has 6 nitrogen and oxygen atoms in total. The SMILES string of the molecule is CN(CCC(N)=S)S(=O)(=O)N1CCOCC1. The molecule has 0 aliphatic carbocycles. The fourth-order valence-corrected chi connectivity index (χ4v) is 2.78. The number of hydrogen-bond acceptors (Lipinski definition) is 4. The molecule has 0 radical (unpaired) electrons. The molecule has 0 atom stereocenters. The van der Waals surface area contributed by atoms with E-state index in [-0.39, 0.29) is 0 Å². The predicted octanol–water partition coefficient (Wildman–Crippen LogP) is -0.829. The van der Waals surface area contributed by atoms with Crippen LogP contribution in [0.2, 0.25) is 0 Å². The Labute approximate surface area is 102 Å². The Hall–Kier alpha value is -0.280. The van der Waals surface area contributed by atoms with Crippen molar-refractivity contribution in [1.82, 2.24) is 8.61 Å². The normalized spacial score (nSPS) is 18.9. The second-order valence-electron chi connectivity index (χ2n) is 3.56. The minimum Gasteiger partial charge on any atom is -0.393 e. The summed E-state index contributed by atoms with van der Waals surface area (Å²) in [5, 5.41) is 0. The van der Waals surface area contributed by atoms with E-state index in [9.17, 15) is 8.42 Å². The maximum atomic E-state index is 12.0. The highest BCUT2D eigenvalue weighted by Crippen LogP contribution is 2.09. The molecule has 1 saturated heterocycles. The van der Waals surface area contributed by atoms with E-state index < -0.39 is 10.2 Å². The van der Waals surface area contributed by atoms with Crippen LogP contribution in [0.4, 0.5) is 0 Å². The molecule has 1 fully saturated rings. The number of nitrogens with two attached hydrogens (primary N) is 1. The van der Waals surface area contributed by atoms with Crippen LogP contribution in [-0.4, -0.2) is 61.9 Å². The Morgan fingerprint density at radius 2 is 2.06 bits per heavy atom. The first-order valence-electron chi connectivity index (χ1n) is 5.02. The monoisotopic (exact) mass is 267 g/mol. The van der Waals surface area contributed by atoms with E-state index in [1.54, 1.807) is 0 Å². The third-order valence-corrected chi connectivity index (χ3v) is 4.56. The van der Waals surface area contributed by atoms with Crippen LogP contribution in [0.15, 0.2) is 0 Å². The number of ether oxygens (including phenoxy) is 1. The Kier molecular flexibility index (Phi) is 5.06. The number of rotatable bonds is 5. The highest BCUT2D eigenvalue weighted by atomic mass is 32.2. The third-order valence-electron chi connectivity index (χ3n) is 2.36. The molecule has 0 amide bonds. The Bertz CT molecular complexity index is 338. The third kappa shape index (κ3) is 3.63. The predicted molar refractivity (Wildman–Crippen MR) is 65.3 cm³/mol. The van der Waals surface area contributed by atoms with Gasteiger partial charge in [0.2, 0.25) is 0 Å². The van der Waals surface area contributed by atoms with Gasteiger partial charge in [0.05, 0.1) is 18.2 Å². The van der Waals surface area contributed by atoms with Crippen LogP contribution in [-0.2, 0) is 14.9 Å². The molecule has 0 spiro atoms. The first-order valence-corrected chi connectivity index (χ1v) is 6.82. The second kappa shape index (κ2) is 5.87. The van der Waals surface area contributed by atoms with Crippen molar-refractivity contribution in [2.24, 2.45) is 5.73 Å². The first-order chi connectivity index (χ1) is 7.44. The van der Waals surface area contributed by atoms with Crippen molar-refractivity contribution in [2.75, 3.05) is 39.9 Å². The van der Waals surface area contributed by atoms with E-state index in [1.165, 1.54) is 15.7 Å². The molecule has 1 aliphatic heterocycles. The van der Waals surface area contributed by atoms with E-state index >= 15 is 0 Å². The molecule has 1 rings (SSSR count). The lowest BCUT2D eigenvalue weighted by Crippen LogP contribution is -2.47. The van der Waals surface area contributed by atoms with Crippen molar-refractivity contribution < 1.29 is 13.2 Å². The quantitative estimate of drug-likeness (QED) is 0.658. The number of nitrogens with zero attached hydrogens (tertiary/aromatic N) is 2.